The first-order chi connectivity index (χ1) is 13.3. The number of hydrogen-bond acceptors (Lipinski definition) is 5. The number of rotatable bonds is 9. The van der Waals surface area contributed by atoms with Crippen LogP contribution in [0.3, 0.4) is 0 Å². The summed E-state index contributed by atoms with van der Waals surface area (Å²) in [5.41, 5.74) is 1.01. The summed E-state index contributed by atoms with van der Waals surface area (Å²) in [4.78, 5) is 14.0. The molecule has 1 saturated heterocycles. The van der Waals surface area contributed by atoms with Gasteiger partial charge in [-0.15, -0.1) is 0 Å². The smallest absolute Gasteiger partial charge is 0.410 e. The molecule has 0 radical (unpaired) electrons. The van der Waals surface area contributed by atoms with Crippen molar-refractivity contribution in [2.45, 2.75) is 89.9 Å². The zero-order valence-electron chi connectivity index (χ0n) is 18.0. The molecule has 0 unspecified atom stereocenters. The number of amides is 1. The Hall–Kier alpha value is -1.11. The molecule has 1 heterocycles. The lowest BCUT2D eigenvalue weighted by molar-refractivity contribution is -0.0743. The molecule has 1 aliphatic heterocycles. The summed E-state index contributed by atoms with van der Waals surface area (Å²) in [7, 11) is 0. The largest absolute Gasteiger partial charge is 0.444 e. The monoisotopic (exact) mass is 397 g/mol. The molecule has 0 aromatic rings. The Morgan fingerprint density at radius 3 is 2.61 bits per heavy atom. The summed E-state index contributed by atoms with van der Waals surface area (Å²) in [6.45, 7) is 9.46. The molecule has 0 spiro atoms. The van der Waals surface area contributed by atoms with Crippen molar-refractivity contribution in [2.75, 3.05) is 32.9 Å². The number of likely N-dealkylation sites (tertiary alicyclic amines) is 1. The molecule has 0 aromatic heterocycles. The molecule has 0 atom stereocenters. The van der Waals surface area contributed by atoms with Crippen LogP contribution in [-0.4, -0.2) is 66.8 Å². The molecule has 1 saturated carbocycles. The third-order valence-electron chi connectivity index (χ3n) is 5.06. The van der Waals surface area contributed by atoms with E-state index in [0.29, 0.717) is 0 Å². The Bertz CT molecular complexity index is 494. The van der Waals surface area contributed by atoms with Crippen molar-refractivity contribution in [2.24, 2.45) is 0 Å². The second kappa shape index (κ2) is 11.8. The Morgan fingerprint density at radius 2 is 1.89 bits per heavy atom. The second-order valence-electron chi connectivity index (χ2n) is 8.91. The lowest BCUT2D eigenvalue weighted by Gasteiger charge is -2.31. The highest BCUT2D eigenvalue weighted by molar-refractivity contribution is 5.68. The molecule has 1 N–H and O–H groups in total. The summed E-state index contributed by atoms with van der Waals surface area (Å²) < 4.78 is 16.8. The van der Waals surface area contributed by atoms with Crippen LogP contribution >= 0.6 is 0 Å². The number of ether oxygens (including phenoxy) is 3. The number of carbonyl (C=O) groups excluding carboxylic acids is 1. The second-order valence-corrected chi connectivity index (χ2v) is 8.91. The Labute approximate surface area is 170 Å². The highest BCUT2D eigenvalue weighted by Crippen LogP contribution is 2.23. The van der Waals surface area contributed by atoms with E-state index in [1.54, 1.807) is 0 Å². The van der Waals surface area contributed by atoms with Gasteiger partial charge in [-0.1, -0.05) is 11.6 Å². The van der Waals surface area contributed by atoms with Gasteiger partial charge in [0.15, 0.2) is 0 Å². The van der Waals surface area contributed by atoms with E-state index in [0.717, 1.165) is 84.3 Å². The summed E-state index contributed by atoms with van der Waals surface area (Å²) in [5, 5.41) is 9.20. The van der Waals surface area contributed by atoms with Crippen molar-refractivity contribution in [1.29, 1.82) is 0 Å². The molecule has 0 bridgehead atoms. The molecular formula is C22H39NO5. The van der Waals surface area contributed by atoms with E-state index >= 15 is 0 Å². The molecule has 2 fully saturated rings. The van der Waals surface area contributed by atoms with E-state index in [1.807, 2.05) is 25.7 Å². The molecule has 2 aliphatic rings. The average molecular weight is 398 g/mol. The van der Waals surface area contributed by atoms with Crippen LogP contribution in [0.2, 0.25) is 0 Å². The van der Waals surface area contributed by atoms with Gasteiger partial charge < -0.3 is 24.2 Å². The first-order valence-electron chi connectivity index (χ1n) is 10.9. The summed E-state index contributed by atoms with van der Waals surface area (Å²) >= 11 is 0. The van der Waals surface area contributed by atoms with Crippen molar-refractivity contribution in [3.63, 3.8) is 0 Å². The SMILES string of the molecule is CC(C)(C)OC(=O)N1CCC/C(=C/CCCOCCCOC2CC(O)C2)CC1. The van der Waals surface area contributed by atoms with Crippen molar-refractivity contribution in [3.8, 4) is 0 Å². The van der Waals surface area contributed by atoms with Gasteiger partial charge in [0, 0.05) is 32.9 Å². The minimum absolute atomic E-state index is 0.149. The van der Waals surface area contributed by atoms with Gasteiger partial charge in [-0.25, -0.2) is 4.79 Å². The minimum atomic E-state index is -0.437. The van der Waals surface area contributed by atoms with E-state index in [4.69, 9.17) is 14.2 Å². The zero-order valence-corrected chi connectivity index (χ0v) is 18.0. The normalized spacial score (nSPS) is 24.7. The molecular weight excluding hydrogens is 358 g/mol. The van der Waals surface area contributed by atoms with Gasteiger partial charge in [-0.05, 0) is 72.1 Å². The molecule has 2 rings (SSSR count). The lowest BCUT2D eigenvalue weighted by Crippen LogP contribution is -2.37. The Morgan fingerprint density at radius 1 is 1.14 bits per heavy atom. The fraction of sp³-hybridized carbons (Fsp3) is 0.864. The molecule has 28 heavy (non-hydrogen) atoms. The van der Waals surface area contributed by atoms with Crippen molar-refractivity contribution in [3.05, 3.63) is 11.6 Å². The van der Waals surface area contributed by atoms with Gasteiger partial charge in [-0.3, -0.25) is 0 Å². The van der Waals surface area contributed by atoms with E-state index in [2.05, 4.69) is 6.08 Å². The third-order valence-corrected chi connectivity index (χ3v) is 5.06. The van der Waals surface area contributed by atoms with Gasteiger partial charge in [-0.2, -0.15) is 0 Å². The number of carbonyl (C=O) groups is 1. The highest BCUT2D eigenvalue weighted by Gasteiger charge is 2.27. The molecule has 6 nitrogen and oxygen atoms in total. The van der Waals surface area contributed by atoms with Gasteiger partial charge in [0.1, 0.15) is 5.60 Å². The van der Waals surface area contributed by atoms with Crippen molar-refractivity contribution in [1.82, 2.24) is 4.90 Å². The van der Waals surface area contributed by atoms with E-state index in [9.17, 15) is 9.90 Å². The number of aliphatic hydroxyl groups excluding tert-OH is 1. The topological polar surface area (TPSA) is 68.2 Å². The van der Waals surface area contributed by atoms with Gasteiger partial charge >= 0.3 is 6.09 Å². The summed E-state index contributed by atoms with van der Waals surface area (Å²) in [6, 6.07) is 0. The quantitative estimate of drug-likeness (QED) is 0.469. The first-order valence-corrected chi connectivity index (χ1v) is 10.9. The van der Waals surface area contributed by atoms with Crippen molar-refractivity contribution >= 4 is 6.09 Å². The maximum absolute atomic E-state index is 12.2. The number of nitrogens with zero attached hydrogens (tertiary/aromatic N) is 1. The molecule has 0 aromatic carbocycles. The number of allylic oxidation sites excluding steroid dienone is 1. The van der Waals surface area contributed by atoms with Crippen LogP contribution in [0.15, 0.2) is 11.6 Å². The fourth-order valence-corrected chi connectivity index (χ4v) is 3.40. The van der Waals surface area contributed by atoms with Gasteiger partial charge in [0.25, 0.3) is 0 Å². The Balaban J connectivity index is 1.49. The predicted octanol–water partition coefficient (Wildman–Crippen LogP) is 4.06. The number of unbranched alkanes of at least 4 members (excludes halogenated alkanes) is 1. The maximum Gasteiger partial charge on any atom is 0.410 e. The van der Waals surface area contributed by atoms with Crippen LogP contribution in [0.4, 0.5) is 4.79 Å². The standard InChI is InChI=1S/C22H39NO5/c1-22(2,3)28-21(25)23-11-6-9-18(10-12-23)8-4-5-13-26-14-7-15-27-20-16-19(24)17-20/h8,19-20,24H,4-7,9-17H2,1-3H3/b18-8-. The number of aliphatic hydroxyl groups is 1. The maximum atomic E-state index is 12.2. The summed E-state index contributed by atoms with van der Waals surface area (Å²) in [5.74, 6) is 0. The number of hydrogen-bond donors (Lipinski definition) is 1. The van der Waals surface area contributed by atoms with E-state index < -0.39 is 5.60 Å². The minimum Gasteiger partial charge on any atom is -0.444 e. The van der Waals surface area contributed by atoms with Crippen LogP contribution in [0, 0.1) is 0 Å². The van der Waals surface area contributed by atoms with Crippen LogP contribution in [0.25, 0.3) is 0 Å². The van der Waals surface area contributed by atoms with Crippen LogP contribution in [0.5, 0.6) is 0 Å². The van der Waals surface area contributed by atoms with Crippen LogP contribution in [-0.2, 0) is 14.2 Å². The highest BCUT2D eigenvalue weighted by atomic mass is 16.6. The Kier molecular flexibility index (Phi) is 9.75. The third kappa shape index (κ3) is 9.39. The summed E-state index contributed by atoms with van der Waals surface area (Å²) in [6.07, 6.45) is 9.77. The van der Waals surface area contributed by atoms with E-state index in [1.165, 1.54) is 5.57 Å². The predicted molar refractivity (Wildman–Crippen MR) is 109 cm³/mol. The first kappa shape index (κ1) is 23.2. The molecule has 1 amide bonds. The molecule has 1 aliphatic carbocycles. The lowest BCUT2D eigenvalue weighted by atomic mass is 9.92. The molecule has 6 heteroatoms. The van der Waals surface area contributed by atoms with Gasteiger partial charge in [0.2, 0.25) is 0 Å². The molecule has 162 valence electrons. The van der Waals surface area contributed by atoms with Crippen LogP contribution < -0.4 is 0 Å². The average Bonchev–Trinajstić information content (AvgIpc) is 2.82. The fourth-order valence-electron chi connectivity index (χ4n) is 3.40. The zero-order chi connectivity index (χ0) is 20.4. The van der Waals surface area contributed by atoms with Crippen LogP contribution in [0.1, 0.15) is 72.1 Å². The van der Waals surface area contributed by atoms with Gasteiger partial charge in [0.05, 0.1) is 12.2 Å². The van der Waals surface area contributed by atoms with Crippen molar-refractivity contribution < 1.29 is 24.1 Å². The van der Waals surface area contributed by atoms with E-state index in [-0.39, 0.29) is 18.3 Å².